The molecule has 2 aliphatic rings. The number of rotatable bonds is 15. The molecule has 2 fully saturated rings. The summed E-state index contributed by atoms with van der Waals surface area (Å²) in [4.78, 5) is 34.9. The summed E-state index contributed by atoms with van der Waals surface area (Å²) in [5.74, 6) is -5.51. The summed E-state index contributed by atoms with van der Waals surface area (Å²) in [7, 11) is 0. The van der Waals surface area contributed by atoms with Gasteiger partial charge in [0.1, 0.15) is 67.1 Å². The molecule has 15 atom stereocenters. The molecule has 20 nitrogen and oxygen atoms in total. The molecule has 250 valence electrons. The van der Waals surface area contributed by atoms with Crippen molar-refractivity contribution >= 4 is 18.2 Å². The van der Waals surface area contributed by atoms with Crippen LogP contribution in [0.15, 0.2) is 0 Å². The second-order valence-electron chi connectivity index (χ2n) is 10.2. The molecule has 13 N–H and O–H groups in total. The van der Waals surface area contributed by atoms with Crippen molar-refractivity contribution in [2.75, 3.05) is 19.8 Å². The molecule has 2 rings (SSSR count). The van der Waals surface area contributed by atoms with E-state index in [9.17, 15) is 75.7 Å². The molecule has 20 heteroatoms. The highest BCUT2D eigenvalue weighted by molar-refractivity contribution is 5.76. The lowest BCUT2D eigenvalue weighted by Gasteiger charge is -2.47. The average molecular weight is 634 g/mol. The van der Waals surface area contributed by atoms with Crippen LogP contribution in [0.2, 0.25) is 0 Å². The number of aldehydes is 1. The third-order valence-corrected chi connectivity index (χ3v) is 7.02. The average Bonchev–Trinajstić information content (AvgIpc) is 2.97. The number of aliphatic carboxylic acids is 1. The Morgan fingerprint density at radius 2 is 1.60 bits per heavy atom. The Morgan fingerprint density at radius 3 is 2.12 bits per heavy atom. The van der Waals surface area contributed by atoms with Crippen LogP contribution < -0.4 is 5.32 Å². The number of ether oxygens (including phenoxy) is 4. The van der Waals surface area contributed by atoms with Crippen molar-refractivity contribution in [3.05, 3.63) is 0 Å². The third-order valence-electron chi connectivity index (χ3n) is 7.02. The Hall–Kier alpha value is -1.99. The van der Waals surface area contributed by atoms with Gasteiger partial charge in [0.2, 0.25) is 5.91 Å². The summed E-state index contributed by atoms with van der Waals surface area (Å²) < 4.78 is 21.4. The maximum absolute atomic E-state index is 12.3. The van der Waals surface area contributed by atoms with E-state index in [0.717, 1.165) is 6.92 Å². The summed E-state index contributed by atoms with van der Waals surface area (Å²) in [6, 6.07) is -1.50. The predicted octanol–water partition coefficient (Wildman–Crippen LogP) is -8.38. The molecule has 1 amide bonds. The van der Waals surface area contributed by atoms with Crippen molar-refractivity contribution < 1.29 is 94.6 Å². The largest absolute Gasteiger partial charge is 0.477 e. The molecule has 0 spiro atoms. The molecule has 2 aliphatic heterocycles. The molecule has 43 heavy (non-hydrogen) atoms. The molecular formula is C23H39NO19. The maximum atomic E-state index is 12.3. The van der Waals surface area contributed by atoms with Crippen molar-refractivity contribution in [1.82, 2.24) is 5.32 Å². The number of amides is 1. The number of hydrogen-bond donors (Lipinski definition) is 13. The number of carboxylic acids is 1. The smallest absolute Gasteiger partial charge is 0.364 e. The highest BCUT2D eigenvalue weighted by atomic mass is 16.7. The minimum atomic E-state index is -2.87. The van der Waals surface area contributed by atoms with Crippen LogP contribution in [0.1, 0.15) is 13.3 Å². The minimum Gasteiger partial charge on any atom is -0.477 e. The van der Waals surface area contributed by atoms with E-state index in [2.05, 4.69) is 5.32 Å². The molecule has 0 aromatic heterocycles. The lowest BCUT2D eigenvalue weighted by Crippen LogP contribution is -2.68. The summed E-state index contributed by atoms with van der Waals surface area (Å²) >= 11 is 0. The molecule has 0 saturated carbocycles. The SMILES string of the molecule is CC(=O)N[C@@H]1[C@@H]([C@H](O)[C@H](O)CO)O[C@@](OC[C@H]2O[C@@H](O[C@H]([C@H](O)[C@@H](O)C=O)[C@H](O)CO)[C@H](O)[C@@H](O)[C@H]2O)(C(=O)O)C[C@@H]1O. The zero-order chi connectivity index (χ0) is 32.8. The molecule has 0 aliphatic carbocycles. The first-order valence-corrected chi connectivity index (χ1v) is 13.0. The van der Waals surface area contributed by atoms with E-state index in [1.807, 2.05) is 0 Å². The Balaban J connectivity index is 2.33. The lowest BCUT2D eigenvalue weighted by atomic mass is 9.88. The fraction of sp³-hybridized carbons (Fsp3) is 0.870. The van der Waals surface area contributed by atoms with Gasteiger partial charge < -0.3 is 90.3 Å². The summed E-state index contributed by atoms with van der Waals surface area (Å²) in [5.41, 5.74) is 0. The monoisotopic (exact) mass is 633 g/mol. The maximum Gasteiger partial charge on any atom is 0.364 e. The molecule has 0 unspecified atom stereocenters. The van der Waals surface area contributed by atoms with E-state index in [1.54, 1.807) is 0 Å². The lowest BCUT2D eigenvalue weighted by molar-refractivity contribution is -0.348. The topological polar surface area (TPSA) is 343 Å². The molecule has 2 saturated heterocycles. The van der Waals surface area contributed by atoms with Crippen molar-refractivity contribution in [3.8, 4) is 0 Å². The van der Waals surface area contributed by atoms with E-state index in [0.29, 0.717) is 0 Å². The van der Waals surface area contributed by atoms with Crippen LogP contribution in [0.3, 0.4) is 0 Å². The van der Waals surface area contributed by atoms with Gasteiger partial charge in [0.15, 0.2) is 12.6 Å². The molecule has 2 heterocycles. The molecule has 0 bridgehead atoms. The first kappa shape index (κ1) is 37.2. The normalized spacial score (nSPS) is 37.4. The number of hydrogen-bond acceptors (Lipinski definition) is 18. The highest BCUT2D eigenvalue weighted by Gasteiger charge is 2.57. The first-order valence-electron chi connectivity index (χ1n) is 13.0. The zero-order valence-corrected chi connectivity index (χ0v) is 22.7. The minimum absolute atomic E-state index is 0.122. The Labute approximate surface area is 243 Å². The standard InChI is InChI=1S/C23H39NO19/c1-7(28)24-13-8(29)2-23(22(38)39,43-20(13)15(34)10(31)4-26)40-6-12-16(35)17(36)18(37)21(41-12)42-19(11(32)5-27)14(33)9(30)3-25/h3,8-21,26-27,29-37H,2,4-6H2,1H3,(H,24,28)(H,38,39)/t8-,9-,10+,11+,12+,13-,14+,15+,16-,17-,18+,19-,20-,21-,23+/m0/s1. The summed E-state index contributed by atoms with van der Waals surface area (Å²) in [6.07, 6.45) is -27.1. The van der Waals surface area contributed by atoms with E-state index in [1.165, 1.54) is 0 Å². The van der Waals surface area contributed by atoms with Crippen LogP contribution in [-0.4, -0.2) is 191 Å². The second kappa shape index (κ2) is 15.8. The third kappa shape index (κ3) is 8.59. The van der Waals surface area contributed by atoms with E-state index < -0.39 is 129 Å². The molecule has 0 aromatic rings. The van der Waals surface area contributed by atoms with Crippen LogP contribution in [0.4, 0.5) is 0 Å². The predicted molar refractivity (Wildman–Crippen MR) is 131 cm³/mol. The van der Waals surface area contributed by atoms with Gasteiger partial charge in [0, 0.05) is 13.3 Å². The van der Waals surface area contributed by atoms with Gasteiger partial charge in [-0.25, -0.2) is 4.79 Å². The number of aliphatic hydroxyl groups excluding tert-OH is 11. The van der Waals surface area contributed by atoms with Gasteiger partial charge in [-0.2, -0.15) is 0 Å². The van der Waals surface area contributed by atoms with Crippen molar-refractivity contribution in [3.63, 3.8) is 0 Å². The van der Waals surface area contributed by atoms with Crippen LogP contribution in [0.25, 0.3) is 0 Å². The van der Waals surface area contributed by atoms with Crippen LogP contribution >= 0.6 is 0 Å². The van der Waals surface area contributed by atoms with Gasteiger partial charge >= 0.3 is 5.97 Å². The van der Waals surface area contributed by atoms with Gasteiger partial charge in [-0.15, -0.1) is 0 Å². The fourth-order valence-electron chi connectivity index (χ4n) is 4.59. The number of aliphatic hydroxyl groups is 11. The fourth-order valence-corrected chi connectivity index (χ4v) is 4.59. The van der Waals surface area contributed by atoms with E-state index in [4.69, 9.17) is 18.9 Å². The van der Waals surface area contributed by atoms with Crippen LogP contribution in [0.5, 0.6) is 0 Å². The van der Waals surface area contributed by atoms with E-state index in [-0.39, 0.29) is 6.29 Å². The van der Waals surface area contributed by atoms with Crippen molar-refractivity contribution in [1.29, 1.82) is 0 Å². The van der Waals surface area contributed by atoms with Gasteiger partial charge in [-0.1, -0.05) is 0 Å². The molecule has 0 radical (unpaired) electrons. The highest BCUT2D eigenvalue weighted by Crippen LogP contribution is 2.35. The van der Waals surface area contributed by atoms with Gasteiger partial charge in [0.05, 0.1) is 32.0 Å². The number of nitrogens with one attached hydrogen (secondary N) is 1. The Bertz CT molecular complexity index is 927. The first-order chi connectivity index (χ1) is 20.0. The number of carbonyl (C=O) groups is 3. The van der Waals surface area contributed by atoms with Crippen LogP contribution in [0, 0.1) is 0 Å². The van der Waals surface area contributed by atoms with Crippen LogP contribution in [-0.2, 0) is 33.3 Å². The van der Waals surface area contributed by atoms with Gasteiger partial charge in [-0.05, 0) is 0 Å². The zero-order valence-electron chi connectivity index (χ0n) is 22.7. The summed E-state index contributed by atoms with van der Waals surface area (Å²) in [5, 5.41) is 123. The molecular weight excluding hydrogens is 594 g/mol. The second-order valence-corrected chi connectivity index (χ2v) is 10.2. The van der Waals surface area contributed by atoms with Crippen molar-refractivity contribution in [2.24, 2.45) is 0 Å². The quantitative estimate of drug-likeness (QED) is 0.0744. The molecule has 0 aromatic carbocycles. The Kier molecular flexibility index (Phi) is 13.7. The van der Waals surface area contributed by atoms with E-state index >= 15 is 0 Å². The van der Waals surface area contributed by atoms with Gasteiger partial charge in [-0.3, -0.25) is 4.79 Å². The number of carboxylic acid groups (broad SMARTS) is 1. The number of carbonyl (C=O) groups excluding carboxylic acids is 2. The Morgan fingerprint density at radius 1 is 1.00 bits per heavy atom. The van der Waals surface area contributed by atoms with Crippen molar-refractivity contribution in [2.45, 2.75) is 105 Å². The summed E-state index contributed by atoms with van der Waals surface area (Å²) in [6.45, 7) is -2.09. The van der Waals surface area contributed by atoms with Gasteiger partial charge in [0.25, 0.3) is 5.79 Å².